The topological polar surface area (TPSA) is 76.7 Å². The van der Waals surface area contributed by atoms with Gasteiger partial charge in [-0.2, -0.15) is 0 Å². The largest absolute Gasteiger partial charge is 0.491 e. The van der Waals surface area contributed by atoms with E-state index in [9.17, 15) is 9.59 Å². The number of hydrogen-bond donors (Lipinski definition) is 2. The van der Waals surface area contributed by atoms with Gasteiger partial charge in [-0.3, -0.25) is 9.59 Å². The van der Waals surface area contributed by atoms with Crippen LogP contribution in [0.1, 0.15) is 47.0 Å². The summed E-state index contributed by atoms with van der Waals surface area (Å²) in [5.41, 5.74) is 1.42. The van der Waals surface area contributed by atoms with Crippen LogP contribution in [0.3, 0.4) is 0 Å². The molecule has 0 unspecified atom stereocenters. The zero-order valence-electron chi connectivity index (χ0n) is 17.5. The molecule has 0 saturated heterocycles. The number of amides is 2. The Bertz CT molecular complexity index is 716. The summed E-state index contributed by atoms with van der Waals surface area (Å²) in [6, 6.07) is 14.5. The van der Waals surface area contributed by atoms with E-state index in [1.807, 2.05) is 52.0 Å². The lowest BCUT2D eigenvalue weighted by Gasteiger charge is -2.11. The molecule has 0 radical (unpaired) electrons. The Kier molecular flexibility index (Phi) is 8.52. The molecule has 6 nitrogen and oxygen atoms in total. The van der Waals surface area contributed by atoms with Crippen molar-refractivity contribution in [3.05, 3.63) is 48.5 Å². The van der Waals surface area contributed by atoms with Crippen molar-refractivity contribution in [2.24, 2.45) is 0 Å². The van der Waals surface area contributed by atoms with E-state index >= 15 is 0 Å². The van der Waals surface area contributed by atoms with Crippen molar-refractivity contribution in [2.45, 2.75) is 59.2 Å². The summed E-state index contributed by atoms with van der Waals surface area (Å²) in [6.07, 6.45) is 1.24. The molecular formula is C23H30N2O4. The van der Waals surface area contributed by atoms with Gasteiger partial charge in [0.1, 0.15) is 11.5 Å². The lowest BCUT2D eigenvalue weighted by Crippen LogP contribution is -2.15. The second-order valence-corrected chi connectivity index (χ2v) is 7.33. The Labute approximate surface area is 172 Å². The van der Waals surface area contributed by atoms with Gasteiger partial charge in [0.05, 0.1) is 12.2 Å². The summed E-state index contributed by atoms with van der Waals surface area (Å²) >= 11 is 0. The minimum absolute atomic E-state index is 0.105. The summed E-state index contributed by atoms with van der Waals surface area (Å²) < 4.78 is 11.1. The van der Waals surface area contributed by atoms with Crippen LogP contribution < -0.4 is 20.1 Å². The van der Waals surface area contributed by atoms with Crippen LogP contribution in [0.15, 0.2) is 48.5 Å². The molecule has 2 rings (SSSR count). The molecule has 2 amide bonds. The molecule has 0 heterocycles. The summed E-state index contributed by atoms with van der Waals surface area (Å²) in [7, 11) is 0. The van der Waals surface area contributed by atoms with E-state index in [1.54, 1.807) is 24.3 Å². The van der Waals surface area contributed by atoms with Gasteiger partial charge in [0.15, 0.2) is 0 Å². The van der Waals surface area contributed by atoms with E-state index in [1.165, 1.54) is 0 Å². The normalized spacial score (nSPS) is 10.7. The first-order valence-electron chi connectivity index (χ1n) is 9.95. The van der Waals surface area contributed by atoms with Gasteiger partial charge >= 0.3 is 0 Å². The molecular weight excluding hydrogens is 368 g/mol. The van der Waals surface area contributed by atoms with Crippen LogP contribution in [-0.2, 0) is 9.59 Å². The van der Waals surface area contributed by atoms with Crippen LogP contribution in [0, 0.1) is 0 Å². The summed E-state index contributed by atoms with van der Waals surface area (Å²) in [4.78, 5) is 24.1. The highest BCUT2D eigenvalue weighted by atomic mass is 16.5. The van der Waals surface area contributed by atoms with Gasteiger partial charge in [0, 0.05) is 24.2 Å². The van der Waals surface area contributed by atoms with Crippen LogP contribution in [0.5, 0.6) is 11.5 Å². The monoisotopic (exact) mass is 398 g/mol. The number of benzene rings is 2. The van der Waals surface area contributed by atoms with Crippen molar-refractivity contribution in [3.63, 3.8) is 0 Å². The molecule has 2 aromatic rings. The van der Waals surface area contributed by atoms with Crippen LogP contribution in [0.25, 0.3) is 0 Å². The molecule has 0 spiro atoms. The van der Waals surface area contributed by atoms with E-state index in [-0.39, 0.29) is 36.9 Å². The number of anilines is 2. The maximum absolute atomic E-state index is 12.1. The Balaban J connectivity index is 1.69. The molecule has 0 aromatic heterocycles. The van der Waals surface area contributed by atoms with Crippen LogP contribution in [0.4, 0.5) is 11.4 Å². The highest BCUT2D eigenvalue weighted by Gasteiger charge is 2.07. The third-order valence-electron chi connectivity index (χ3n) is 3.83. The fourth-order valence-corrected chi connectivity index (χ4v) is 2.63. The van der Waals surface area contributed by atoms with Gasteiger partial charge in [0.25, 0.3) is 0 Å². The molecule has 0 bridgehead atoms. The number of hydrogen-bond acceptors (Lipinski definition) is 4. The third kappa shape index (κ3) is 8.68. The first kappa shape index (κ1) is 22.3. The molecule has 29 heavy (non-hydrogen) atoms. The fourth-order valence-electron chi connectivity index (χ4n) is 2.63. The summed E-state index contributed by atoms with van der Waals surface area (Å²) in [6.45, 7) is 7.84. The highest BCUT2D eigenvalue weighted by Crippen LogP contribution is 2.18. The Morgan fingerprint density at radius 3 is 1.34 bits per heavy atom. The average Bonchev–Trinajstić information content (AvgIpc) is 2.64. The molecule has 0 aliphatic rings. The van der Waals surface area contributed by atoms with Crippen LogP contribution in [-0.4, -0.2) is 24.0 Å². The van der Waals surface area contributed by atoms with Gasteiger partial charge in [-0.1, -0.05) is 0 Å². The van der Waals surface area contributed by atoms with Gasteiger partial charge in [-0.05, 0) is 82.6 Å². The van der Waals surface area contributed by atoms with E-state index in [2.05, 4.69) is 10.6 Å². The molecule has 0 aliphatic carbocycles. The quantitative estimate of drug-likeness (QED) is 0.590. The first-order chi connectivity index (χ1) is 13.8. The first-order valence-corrected chi connectivity index (χ1v) is 9.95. The van der Waals surface area contributed by atoms with Crippen LogP contribution >= 0.6 is 0 Å². The van der Waals surface area contributed by atoms with Gasteiger partial charge in [0.2, 0.25) is 11.8 Å². The molecule has 0 fully saturated rings. The minimum Gasteiger partial charge on any atom is -0.491 e. The highest BCUT2D eigenvalue weighted by molar-refractivity contribution is 5.93. The predicted molar refractivity (Wildman–Crippen MR) is 116 cm³/mol. The van der Waals surface area contributed by atoms with Crippen molar-refractivity contribution in [1.82, 2.24) is 0 Å². The lowest BCUT2D eigenvalue weighted by molar-refractivity contribution is -0.117. The summed E-state index contributed by atoms with van der Waals surface area (Å²) in [5, 5.41) is 5.66. The van der Waals surface area contributed by atoms with Crippen LogP contribution in [0.2, 0.25) is 0 Å². The number of rotatable bonds is 10. The SMILES string of the molecule is CC(C)Oc1ccc(NC(=O)CCCC(=O)Nc2ccc(OC(C)C)cc2)cc1. The lowest BCUT2D eigenvalue weighted by atomic mass is 10.2. The average molecular weight is 399 g/mol. The molecule has 6 heteroatoms. The van der Waals surface area contributed by atoms with Crippen molar-refractivity contribution in [3.8, 4) is 11.5 Å². The Morgan fingerprint density at radius 1 is 0.690 bits per heavy atom. The standard InChI is InChI=1S/C23H30N2O4/c1-16(2)28-20-12-8-18(9-13-20)24-22(26)6-5-7-23(27)25-19-10-14-21(15-11-19)29-17(3)4/h8-17H,5-7H2,1-4H3,(H,24,26)(H,25,27). The molecule has 0 atom stereocenters. The van der Waals surface area contributed by atoms with Gasteiger partial charge in [-0.25, -0.2) is 0 Å². The molecule has 2 aromatic carbocycles. The van der Waals surface area contributed by atoms with E-state index < -0.39 is 0 Å². The maximum Gasteiger partial charge on any atom is 0.224 e. The van der Waals surface area contributed by atoms with Crippen molar-refractivity contribution in [1.29, 1.82) is 0 Å². The smallest absolute Gasteiger partial charge is 0.224 e. The van der Waals surface area contributed by atoms with Crippen molar-refractivity contribution in [2.75, 3.05) is 10.6 Å². The summed E-state index contributed by atoms with van der Waals surface area (Å²) in [5.74, 6) is 1.29. The van der Waals surface area contributed by atoms with E-state index in [4.69, 9.17) is 9.47 Å². The number of nitrogens with one attached hydrogen (secondary N) is 2. The molecule has 156 valence electrons. The zero-order valence-corrected chi connectivity index (χ0v) is 17.5. The van der Waals surface area contributed by atoms with E-state index in [0.717, 1.165) is 11.5 Å². The molecule has 0 saturated carbocycles. The Hall–Kier alpha value is -3.02. The van der Waals surface area contributed by atoms with Crippen molar-refractivity contribution >= 4 is 23.2 Å². The zero-order chi connectivity index (χ0) is 21.2. The second kappa shape index (κ2) is 11.1. The predicted octanol–water partition coefficient (Wildman–Crippen LogP) is 5.01. The third-order valence-corrected chi connectivity index (χ3v) is 3.83. The number of carbonyl (C=O) groups is 2. The second-order valence-electron chi connectivity index (χ2n) is 7.33. The molecule has 2 N–H and O–H groups in total. The maximum atomic E-state index is 12.1. The van der Waals surface area contributed by atoms with Crippen molar-refractivity contribution < 1.29 is 19.1 Å². The van der Waals surface area contributed by atoms with Gasteiger partial charge < -0.3 is 20.1 Å². The number of ether oxygens (including phenoxy) is 2. The van der Waals surface area contributed by atoms with E-state index in [0.29, 0.717) is 17.8 Å². The number of carbonyl (C=O) groups excluding carboxylic acids is 2. The minimum atomic E-state index is -0.120. The van der Waals surface area contributed by atoms with Gasteiger partial charge in [-0.15, -0.1) is 0 Å². The Morgan fingerprint density at radius 2 is 1.03 bits per heavy atom. The molecule has 0 aliphatic heterocycles. The fraction of sp³-hybridized carbons (Fsp3) is 0.391.